The summed E-state index contributed by atoms with van der Waals surface area (Å²) >= 11 is 1.39. The van der Waals surface area contributed by atoms with Gasteiger partial charge in [0, 0.05) is 18.0 Å². The van der Waals surface area contributed by atoms with Crippen LogP contribution in [0, 0.1) is 0 Å². The second-order valence-corrected chi connectivity index (χ2v) is 10.4. The van der Waals surface area contributed by atoms with Crippen molar-refractivity contribution in [1.82, 2.24) is 9.88 Å². The third-order valence-electron chi connectivity index (χ3n) is 5.08. The number of hydrogen-bond acceptors (Lipinski definition) is 5. The van der Waals surface area contributed by atoms with Crippen LogP contribution < -0.4 is 0 Å². The molecule has 1 aromatic heterocycles. The highest BCUT2D eigenvalue weighted by molar-refractivity contribution is 7.99. The van der Waals surface area contributed by atoms with Crippen LogP contribution in [0.25, 0.3) is 10.9 Å². The van der Waals surface area contributed by atoms with Crippen LogP contribution in [0.3, 0.4) is 0 Å². The predicted molar refractivity (Wildman–Crippen MR) is 117 cm³/mol. The number of pyridine rings is 1. The van der Waals surface area contributed by atoms with Crippen molar-refractivity contribution in [2.75, 3.05) is 17.3 Å². The second kappa shape index (κ2) is 8.55. The number of para-hydroxylation sites is 1. The van der Waals surface area contributed by atoms with Gasteiger partial charge in [-0.2, -0.15) is 0 Å². The molecule has 0 unspecified atom stereocenters. The third kappa shape index (κ3) is 4.97. The van der Waals surface area contributed by atoms with Gasteiger partial charge in [-0.05, 0) is 24.1 Å². The molecule has 1 saturated heterocycles. The van der Waals surface area contributed by atoms with E-state index in [1.54, 1.807) is 4.90 Å². The second-order valence-electron chi connectivity index (χ2n) is 7.19. The fraction of sp³-hybridized carbons (Fsp3) is 0.273. The molecule has 3 aromatic rings. The van der Waals surface area contributed by atoms with Crippen LogP contribution >= 0.6 is 11.8 Å². The molecule has 1 aliphatic rings. The Kier molecular flexibility index (Phi) is 5.87. The number of rotatable bonds is 6. The van der Waals surface area contributed by atoms with Gasteiger partial charge in [0.05, 0.1) is 27.8 Å². The number of benzene rings is 2. The normalized spacial score (nSPS) is 18.0. The van der Waals surface area contributed by atoms with Crippen molar-refractivity contribution in [2.45, 2.75) is 24.0 Å². The maximum absolute atomic E-state index is 13.1. The molecule has 1 amide bonds. The van der Waals surface area contributed by atoms with Crippen molar-refractivity contribution in [3.63, 3.8) is 0 Å². The van der Waals surface area contributed by atoms with E-state index in [-0.39, 0.29) is 29.2 Å². The molecule has 0 bridgehead atoms. The van der Waals surface area contributed by atoms with E-state index in [0.29, 0.717) is 13.0 Å². The van der Waals surface area contributed by atoms with Crippen LogP contribution in [0.2, 0.25) is 0 Å². The van der Waals surface area contributed by atoms with Crippen molar-refractivity contribution in [3.05, 3.63) is 72.3 Å². The molecule has 1 fully saturated rings. The minimum Gasteiger partial charge on any atom is -0.334 e. The first kappa shape index (κ1) is 19.9. The highest BCUT2D eigenvalue weighted by Gasteiger charge is 2.34. The minimum atomic E-state index is -3.07. The molecule has 2 aromatic carbocycles. The van der Waals surface area contributed by atoms with E-state index in [4.69, 9.17) is 0 Å². The van der Waals surface area contributed by atoms with Gasteiger partial charge in [-0.3, -0.25) is 4.79 Å². The van der Waals surface area contributed by atoms with E-state index in [1.165, 1.54) is 11.8 Å². The zero-order valence-electron chi connectivity index (χ0n) is 15.9. The quantitative estimate of drug-likeness (QED) is 0.564. The number of thioether (sulfide) groups is 1. The summed E-state index contributed by atoms with van der Waals surface area (Å²) in [5.74, 6) is 0.366. The maximum atomic E-state index is 13.1. The van der Waals surface area contributed by atoms with Gasteiger partial charge in [-0.1, -0.05) is 66.4 Å². The lowest BCUT2D eigenvalue weighted by molar-refractivity contribution is -0.130. The van der Waals surface area contributed by atoms with Gasteiger partial charge >= 0.3 is 0 Å². The number of fused-ring (bicyclic) bond motifs is 1. The van der Waals surface area contributed by atoms with Crippen molar-refractivity contribution in [1.29, 1.82) is 0 Å². The lowest BCUT2D eigenvalue weighted by Crippen LogP contribution is -2.41. The maximum Gasteiger partial charge on any atom is 0.233 e. The zero-order valence-corrected chi connectivity index (χ0v) is 17.5. The van der Waals surface area contributed by atoms with Gasteiger partial charge in [0.1, 0.15) is 0 Å². The Morgan fingerprint density at radius 3 is 2.55 bits per heavy atom. The lowest BCUT2D eigenvalue weighted by atomic mass is 10.1. The summed E-state index contributed by atoms with van der Waals surface area (Å²) in [4.78, 5) is 19.4. The standard InChI is InChI=1S/C22H22N2O3S2/c25-22(15-28-21-11-10-18-8-4-5-9-20(18)23-21)24(14-17-6-2-1-3-7-17)19-12-13-29(26,27)16-19/h1-11,19H,12-16H2/t19-/m0/s1. The smallest absolute Gasteiger partial charge is 0.233 e. The first-order valence-electron chi connectivity index (χ1n) is 9.53. The highest BCUT2D eigenvalue weighted by Crippen LogP contribution is 2.24. The van der Waals surface area contributed by atoms with Gasteiger partial charge in [0.2, 0.25) is 5.91 Å². The van der Waals surface area contributed by atoms with Crippen molar-refractivity contribution >= 4 is 38.4 Å². The molecular weight excluding hydrogens is 404 g/mol. The first-order chi connectivity index (χ1) is 14.0. The number of hydrogen-bond donors (Lipinski definition) is 0. The average Bonchev–Trinajstić information content (AvgIpc) is 3.10. The largest absolute Gasteiger partial charge is 0.334 e. The predicted octanol–water partition coefficient (Wildman–Crippen LogP) is 3.54. The molecule has 0 saturated carbocycles. The number of amides is 1. The van der Waals surface area contributed by atoms with Gasteiger partial charge in [-0.25, -0.2) is 13.4 Å². The Morgan fingerprint density at radius 1 is 1.03 bits per heavy atom. The number of carbonyl (C=O) groups is 1. The molecule has 0 radical (unpaired) electrons. The Bertz CT molecular complexity index is 1120. The lowest BCUT2D eigenvalue weighted by Gasteiger charge is -2.28. The van der Waals surface area contributed by atoms with Gasteiger partial charge in [0.15, 0.2) is 9.84 Å². The van der Waals surface area contributed by atoms with E-state index in [1.807, 2.05) is 66.7 Å². The van der Waals surface area contributed by atoms with Crippen molar-refractivity contribution in [3.8, 4) is 0 Å². The van der Waals surface area contributed by atoms with E-state index >= 15 is 0 Å². The molecule has 7 heteroatoms. The van der Waals surface area contributed by atoms with Crippen LogP contribution in [0.15, 0.2) is 71.8 Å². The molecule has 0 N–H and O–H groups in total. The van der Waals surface area contributed by atoms with Crippen LogP contribution in [0.4, 0.5) is 0 Å². The molecule has 1 atom stereocenters. The molecule has 150 valence electrons. The number of aromatic nitrogens is 1. The van der Waals surface area contributed by atoms with Crippen LogP contribution in [0.5, 0.6) is 0 Å². The Morgan fingerprint density at radius 2 is 1.79 bits per heavy atom. The van der Waals surface area contributed by atoms with Crippen LogP contribution in [-0.2, 0) is 21.2 Å². The summed E-state index contributed by atoms with van der Waals surface area (Å²) in [6.45, 7) is 0.422. The zero-order chi connectivity index (χ0) is 20.3. The Balaban J connectivity index is 1.49. The molecule has 29 heavy (non-hydrogen) atoms. The summed E-state index contributed by atoms with van der Waals surface area (Å²) in [7, 11) is -3.07. The number of sulfone groups is 1. The van der Waals surface area contributed by atoms with Gasteiger partial charge < -0.3 is 4.90 Å². The summed E-state index contributed by atoms with van der Waals surface area (Å²) < 4.78 is 23.9. The SMILES string of the molecule is O=C(CSc1ccc2ccccc2n1)N(Cc1ccccc1)[C@H]1CCS(=O)(=O)C1. The summed E-state index contributed by atoms with van der Waals surface area (Å²) in [5.41, 5.74) is 1.90. The first-order valence-corrected chi connectivity index (χ1v) is 12.3. The fourth-order valence-electron chi connectivity index (χ4n) is 3.57. The summed E-state index contributed by atoms with van der Waals surface area (Å²) in [5, 5.41) is 1.85. The topological polar surface area (TPSA) is 67.3 Å². The van der Waals surface area contributed by atoms with Gasteiger partial charge in [0.25, 0.3) is 0 Å². The average molecular weight is 427 g/mol. The van der Waals surface area contributed by atoms with E-state index in [0.717, 1.165) is 21.5 Å². The molecule has 1 aliphatic heterocycles. The summed E-state index contributed by atoms with van der Waals surface area (Å²) in [6, 6.07) is 21.2. The molecule has 2 heterocycles. The van der Waals surface area contributed by atoms with E-state index < -0.39 is 9.84 Å². The fourth-order valence-corrected chi connectivity index (χ4v) is 6.06. The molecule has 0 aliphatic carbocycles. The van der Waals surface area contributed by atoms with E-state index in [2.05, 4.69) is 4.98 Å². The third-order valence-corrected chi connectivity index (χ3v) is 7.75. The van der Waals surface area contributed by atoms with E-state index in [9.17, 15) is 13.2 Å². The van der Waals surface area contributed by atoms with Crippen LogP contribution in [-0.4, -0.2) is 47.5 Å². The molecule has 5 nitrogen and oxygen atoms in total. The minimum absolute atomic E-state index is 0.0461. The number of carbonyl (C=O) groups excluding carboxylic acids is 1. The Labute approximate surface area is 175 Å². The molecular formula is C22H22N2O3S2. The monoisotopic (exact) mass is 426 g/mol. The summed E-state index contributed by atoms with van der Waals surface area (Å²) in [6.07, 6.45) is 0.500. The van der Waals surface area contributed by atoms with Crippen LogP contribution in [0.1, 0.15) is 12.0 Å². The number of nitrogens with zero attached hydrogens (tertiary/aromatic N) is 2. The molecule has 4 rings (SSSR count). The molecule has 0 spiro atoms. The van der Waals surface area contributed by atoms with Gasteiger partial charge in [-0.15, -0.1) is 0 Å². The Hall–Kier alpha value is -2.38. The van der Waals surface area contributed by atoms with Crippen molar-refractivity contribution < 1.29 is 13.2 Å². The van der Waals surface area contributed by atoms with Crippen molar-refractivity contribution in [2.24, 2.45) is 0 Å². The highest BCUT2D eigenvalue weighted by atomic mass is 32.2.